The van der Waals surface area contributed by atoms with Crippen LogP contribution in [-0.4, -0.2) is 53.9 Å². The number of piperidine rings is 1. The Bertz CT molecular complexity index is 973. The molecule has 0 spiro atoms. The van der Waals surface area contributed by atoms with Crippen molar-refractivity contribution in [3.8, 4) is 11.9 Å². The monoisotopic (exact) mass is 408 g/mol. The quantitative estimate of drug-likeness (QED) is 0.524. The number of methoxy groups -OCH3 is 1. The first-order chi connectivity index (χ1) is 13.3. The van der Waals surface area contributed by atoms with E-state index in [2.05, 4.69) is 9.97 Å². The van der Waals surface area contributed by atoms with Crippen LogP contribution in [0, 0.1) is 17.0 Å². The van der Waals surface area contributed by atoms with Crippen LogP contribution < -0.4 is 9.47 Å². The van der Waals surface area contributed by atoms with Gasteiger partial charge < -0.3 is 9.47 Å². The van der Waals surface area contributed by atoms with Crippen molar-refractivity contribution in [2.75, 3.05) is 20.2 Å². The van der Waals surface area contributed by atoms with E-state index in [0.717, 1.165) is 6.07 Å². The maximum Gasteiger partial charge on any atom is 0.319 e. The Labute approximate surface area is 162 Å². The van der Waals surface area contributed by atoms with Gasteiger partial charge in [0.1, 0.15) is 6.10 Å². The molecule has 150 valence electrons. The van der Waals surface area contributed by atoms with Gasteiger partial charge in [0.05, 0.1) is 16.9 Å². The Hall–Kier alpha value is -2.79. The Kier molecular flexibility index (Phi) is 5.75. The van der Waals surface area contributed by atoms with Crippen LogP contribution >= 0.6 is 0 Å². The number of rotatable bonds is 6. The average molecular weight is 408 g/mol. The second kappa shape index (κ2) is 8.07. The molecule has 0 unspecified atom stereocenters. The third-order valence-electron chi connectivity index (χ3n) is 4.48. The summed E-state index contributed by atoms with van der Waals surface area (Å²) < 4.78 is 38.0. The van der Waals surface area contributed by atoms with Gasteiger partial charge in [-0.1, -0.05) is 6.07 Å². The number of hydrogen-bond donors (Lipinski definition) is 0. The van der Waals surface area contributed by atoms with Crippen LogP contribution in [0.5, 0.6) is 11.9 Å². The largest absolute Gasteiger partial charge is 0.474 e. The molecule has 1 fully saturated rings. The van der Waals surface area contributed by atoms with Gasteiger partial charge in [-0.2, -0.15) is 9.29 Å². The van der Waals surface area contributed by atoms with Gasteiger partial charge in [0.2, 0.25) is 15.9 Å². The second-order valence-electron chi connectivity index (χ2n) is 6.31. The molecule has 1 aliphatic rings. The molecule has 1 aromatic heterocycles. The molecular formula is C17H20N4O6S. The highest BCUT2D eigenvalue weighted by Crippen LogP contribution is 2.27. The number of aromatic nitrogens is 2. The Morgan fingerprint density at radius 1 is 1.25 bits per heavy atom. The molecule has 0 aliphatic carbocycles. The molecule has 3 rings (SSSR count). The summed E-state index contributed by atoms with van der Waals surface area (Å²) in [7, 11) is -2.37. The summed E-state index contributed by atoms with van der Waals surface area (Å²) in [4.78, 5) is 18.3. The van der Waals surface area contributed by atoms with Crippen LogP contribution in [0.1, 0.15) is 18.4 Å². The summed E-state index contributed by atoms with van der Waals surface area (Å²) in [6, 6.07) is 5.66. The topological polar surface area (TPSA) is 125 Å². The normalized spacial score (nSPS) is 15.9. The highest BCUT2D eigenvalue weighted by molar-refractivity contribution is 7.89. The van der Waals surface area contributed by atoms with Gasteiger partial charge in [-0.25, -0.2) is 13.4 Å². The van der Waals surface area contributed by atoms with E-state index in [-0.39, 0.29) is 35.8 Å². The van der Waals surface area contributed by atoms with Crippen LogP contribution in [0.4, 0.5) is 5.69 Å². The average Bonchev–Trinajstić information content (AvgIpc) is 2.68. The number of nitrogens with zero attached hydrogens (tertiary/aromatic N) is 4. The van der Waals surface area contributed by atoms with E-state index < -0.39 is 14.9 Å². The van der Waals surface area contributed by atoms with E-state index in [4.69, 9.17) is 9.47 Å². The summed E-state index contributed by atoms with van der Waals surface area (Å²) in [6.07, 6.45) is 2.27. The van der Waals surface area contributed by atoms with Crippen molar-refractivity contribution >= 4 is 15.7 Å². The van der Waals surface area contributed by atoms with Crippen LogP contribution in [0.3, 0.4) is 0 Å². The third kappa shape index (κ3) is 4.20. The molecule has 0 saturated carbocycles. The highest BCUT2D eigenvalue weighted by Gasteiger charge is 2.32. The van der Waals surface area contributed by atoms with Gasteiger partial charge in [-0.3, -0.25) is 10.1 Å². The number of non-ortho nitro benzene ring substituents is 1. The van der Waals surface area contributed by atoms with Crippen LogP contribution in [0.25, 0.3) is 0 Å². The molecule has 0 N–H and O–H groups in total. The van der Waals surface area contributed by atoms with E-state index in [9.17, 15) is 18.5 Å². The zero-order chi connectivity index (χ0) is 20.3. The number of aryl methyl sites for hydroxylation is 1. The summed E-state index contributed by atoms with van der Waals surface area (Å²) >= 11 is 0. The first-order valence-electron chi connectivity index (χ1n) is 8.60. The Balaban J connectivity index is 1.70. The van der Waals surface area contributed by atoms with E-state index in [1.165, 1.54) is 29.7 Å². The lowest BCUT2D eigenvalue weighted by molar-refractivity contribution is -0.385. The van der Waals surface area contributed by atoms with Crippen molar-refractivity contribution in [1.29, 1.82) is 0 Å². The van der Waals surface area contributed by atoms with Crippen LogP contribution in [0.2, 0.25) is 0 Å². The molecule has 2 heterocycles. The lowest BCUT2D eigenvalue weighted by Crippen LogP contribution is -2.42. The minimum absolute atomic E-state index is 0.0402. The molecule has 0 radical (unpaired) electrons. The first-order valence-corrected chi connectivity index (χ1v) is 10.0. The van der Waals surface area contributed by atoms with Crippen LogP contribution in [0.15, 0.2) is 35.4 Å². The molecule has 1 aliphatic heterocycles. The van der Waals surface area contributed by atoms with Crippen molar-refractivity contribution in [3.05, 3.63) is 46.1 Å². The molecule has 1 aromatic carbocycles. The standard InChI is InChI=1S/C17H20N4O6S/c1-12-3-4-13(21(22)23)11-15(12)28(24,25)20-9-6-14(7-10-20)27-16-5-8-18-17(19-16)26-2/h3-5,8,11,14H,6-7,9-10H2,1-2H3. The summed E-state index contributed by atoms with van der Waals surface area (Å²) in [5.74, 6) is 0.364. The molecule has 0 atom stereocenters. The van der Waals surface area contributed by atoms with Crippen molar-refractivity contribution in [3.63, 3.8) is 0 Å². The van der Waals surface area contributed by atoms with E-state index in [1.807, 2.05) is 0 Å². The molecule has 0 amide bonds. The van der Waals surface area contributed by atoms with Crippen LogP contribution in [-0.2, 0) is 10.0 Å². The van der Waals surface area contributed by atoms with Gasteiger partial charge in [-0.15, -0.1) is 0 Å². The summed E-state index contributed by atoms with van der Waals surface area (Å²) in [5, 5.41) is 11.0. The second-order valence-corrected chi connectivity index (χ2v) is 8.22. The SMILES string of the molecule is COc1nccc(OC2CCN(S(=O)(=O)c3cc([N+](=O)[O-])ccc3C)CC2)n1. The first kappa shape index (κ1) is 20.0. The Morgan fingerprint density at radius 3 is 2.61 bits per heavy atom. The van der Waals surface area contributed by atoms with Gasteiger partial charge in [0, 0.05) is 37.5 Å². The third-order valence-corrected chi connectivity index (χ3v) is 6.52. The van der Waals surface area contributed by atoms with Crippen molar-refractivity contribution < 1.29 is 22.8 Å². The lowest BCUT2D eigenvalue weighted by Gasteiger charge is -2.31. The number of ether oxygens (including phenoxy) is 2. The lowest BCUT2D eigenvalue weighted by atomic mass is 10.1. The van der Waals surface area contributed by atoms with E-state index in [0.29, 0.717) is 24.3 Å². The van der Waals surface area contributed by atoms with Gasteiger partial charge in [-0.05, 0) is 25.3 Å². The van der Waals surface area contributed by atoms with Gasteiger partial charge >= 0.3 is 6.01 Å². The highest BCUT2D eigenvalue weighted by atomic mass is 32.2. The van der Waals surface area contributed by atoms with Crippen molar-refractivity contribution in [1.82, 2.24) is 14.3 Å². The number of benzene rings is 1. The fourth-order valence-corrected chi connectivity index (χ4v) is 4.68. The van der Waals surface area contributed by atoms with E-state index >= 15 is 0 Å². The van der Waals surface area contributed by atoms with Gasteiger partial charge in [0.25, 0.3) is 5.69 Å². The molecule has 11 heteroatoms. The molecule has 28 heavy (non-hydrogen) atoms. The number of sulfonamides is 1. The molecule has 2 aromatic rings. The van der Waals surface area contributed by atoms with Crippen molar-refractivity contribution in [2.24, 2.45) is 0 Å². The summed E-state index contributed by atoms with van der Waals surface area (Å²) in [6.45, 7) is 2.11. The maximum absolute atomic E-state index is 13.0. The predicted molar refractivity (Wildman–Crippen MR) is 98.8 cm³/mol. The fourth-order valence-electron chi connectivity index (χ4n) is 2.97. The zero-order valence-electron chi connectivity index (χ0n) is 15.4. The number of hydrogen-bond acceptors (Lipinski definition) is 8. The van der Waals surface area contributed by atoms with E-state index in [1.54, 1.807) is 13.0 Å². The number of nitro groups is 1. The predicted octanol–water partition coefficient (Wildman–Crippen LogP) is 1.93. The molecular weight excluding hydrogens is 388 g/mol. The minimum Gasteiger partial charge on any atom is -0.474 e. The maximum atomic E-state index is 13.0. The smallest absolute Gasteiger partial charge is 0.319 e. The molecule has 0 bridgehead atoms. The number of nitro benzene ring substituents is 1. The molecule has 10 nitrogen and oxygen atoms in total. The van der Waals surface area contributed by atoms with Gasteiger partial charge in [0.15, 0.2) is 0 Å². The van der Waals surface area contributed by atoms with Crippen molar-refractivity contribution in [2.45, 2.75) is 30.8 Å². The Morgan fingerprint density at radius 2 is 1.96 bits per heavy atom. The summed E-state index contributed by atoms with van der Waals surface area (Å²) in [5.41, 5.74) is 0.220. The zero-order valence-corrected chi connectivity index (χ0v) is 16.3. The molecule has 1 saturated heterocycles. The fraction of sp³-hybridized carbons (Fsp3) is 0.412. The minimum atomic E-state index is -3.83.